The molecule has 84 valence electrons. The molecule has 0 aliphatic carbocycles. The number of nitrogens with two attached hydrogens (primary N) is 1. The van der Waals surface area contributed by atoms with Crippen LogP contribution in [-0.4, -0.2) is 30.9 Å². The molecular weight excluding hydrogens is 276 g/mol. The van der Waals surface area contributed by atoms with Gasteiger partial charge in [0, 0.05) is 13.6 Å². The third-order valence-corrected chi connectivity index (χ3v) is 3.73. The summed E-state index contributed by atoms with van der Waals surface area (Å²) < 4.78 is 0.978. The molecule has 0 aliphatic heterocycles. The van der Waals surface area contributed by atoms with Gasteiger partial charge in [0.2, 0.25) is 0 Å². The molecule has 0 spiro atoms. The van der Waals surface area contributed by atoms with Crippen molar-refractivity contribution in [2.24, 2.45) is 11.7 Å². The zero-order chi connectivity index (χ0) is 11.4. The molecule has 0 fully saturated rings. The van der Waals surface area contributed by atoms with Gasteiger partial charge in [0.25, 0.3) is 5.91 Å². The van der Waals surface area contributed by atoms with Crippen LogP contribution in [0.5, 0.6) is 0 Å². The second-order valence-electron chi connectivity index (χ2n) is 3.63. The monoisotopic (exact) mass is 290 g/mol. The summed E-state index contributed by atoms with van der Waals surface area (Å²) in [5.74, 6) is 0.397. The van der Waals surface area contributed by atoms with E-state index < -0.39 is 0 Å². The number of hydrogen-bond acceptors (Lipinski definition) is 3. The quantitative estimate of drug-likeness (QED) is 0.924. The molecule has 0 bridgehead atoms. The van der Waals surface area contributed by atoms with Gasteiger partial charge in [0.05, 0.1) is 8.66 Å². The lowest BCUT2D eigenvalue weighted by Gasteiger charge is -2.19. The van der Waals surface area contributed by atoms with Crippen LogP contribution in [-0.2, 0) is 0 Å². The molecule has 1 unspecified atom stereocenters. The highest BCUT2D eigenvalue weighted by molar-refractivity contribution is 9.11. The molecule has 0 aromatic carbocycles. The summed E-state index contributed by atoms with van der Waals surface area (Å²) in [5.41, 5.74) is 5.52. The predicted molar refractivity (Wildman–Crippen MR) is 67.2 cm³/mol. The van der Waals surface area contributed by atoms with Crippen LogP contribution >= 0.6 is 27.3 Å². The van der Waals surface area contributed by atoms with Crippen molar-refractivity contribution in [1.29, 1.82) is 0 Å². The molecule has 2 N–H and O–H groups in total. The average molecular weight is 291 g/mol. The van der Waals surface area contributed by atoms with E-state index in [1.807, 2.05) is 26.1 Å². The summed E-state index contributed by atoms with van der Waals surface area (Å²) in [6, 6.07) is 3.72. The average Bonchev–Trinajstić information content (AvgIpc) is 2.63. The molecule has 0 aliphatic rings. The molecule has 0 saturated heterocycles. The van der Waals surface area contributed by atoms with Gasteiger partial charge in [0.1, 0.15) is 0 Å². The van der Waals surface area contributed by atoms with Crippen molar-refractivity contribution < 1.29 is 4.79 Å². The Kier molecular flexibility index (Phi) is 4.76. The predicted octanol–water partition coefficient (Wildman–Crippen LogP) is 2.18. The van der Waals surface area contributed by atoms with Gasteiger partial charge < -0.3 is 10.6 Å². The van der Waals surface area contributed by atoms with Crippen LogP contribution in [0.1, 0.15) is 16.6 Å². The van der Waals surface area contributed by atoms with Crippen molar-refractivity contribution >= 4 is 33.2 Å². The molecule has 1 heterocycles. The van der Waals surface area contributed by atoms with E-state index >= 15 is 0 Å². The van der Waals surface area contributed by atoms with Crippen LogP contribution in [0.3, 0.4) is 0 Å². The Bertz CT molecular complexity index is 340. The highest BCUT2D eigenvalue weighted by atomic mass is 79.9. The van der Waals surface area contributed by atoms with Gasteiger partial charge >= 0.3 is 0 Å². The summed E-state index contributed by atoms with van der Waals surface area (Å²) >= 11 is 4.79. The fourth-order valence-electron chi connectivity index (χ4n) is 1.24. The van der Waals surface area contributed by atoms with Crippen LogP contribution < -0.4 is 5.73 Å². The molecule has 1 aromatic heterocycles. The summed E-state index contributed by atoms with van der Waals surface area (Å²) in [5, 5.41) is 0. The second kappa shape index (κ2) is 5.63. The van der Waals surface area contributed by atoms with Crippen molar-refractivity contribution in [1.82, 2.24) is 4.90 Å². The molecule has 3 nitrogen and oxygen atoms in total. The van der Waals surface area contributed by atoms with E-state index in [0.717, 1.165) is 8.66 Å². The first-order chi connectivity index (χ1) is 7.04. The van der Waals surface area contributed by atoms with Crippen LogP contribution in [0.2, 0.25) is 0 Å². The Hall–Kier alpha value is -0.390. The number of hydrogen-bond donors (Lipinski definition) is 1. The number of halogens is 1. The molecule has 1 aromatic rings. The van der Waals surface area contributed by atoms with Crippen LogP contribution in [0.4, 0.5) is 0 Å². The summed E-state index contributed by atoms with van der Waals surface area (Å²) in [6.45, 7) is 3.34. The highest BCUT2D eigenvalue weighted by Gasteiger charge is 2.15. The number of nitrogens with zero attached hydrogens (tertiary/aromatic N) is 1. The minimum Gasteiger partial charge on any atom is -0.341 e. The van der Waals surface area contributed by atoms with E-state index in [1.54, 1.807) is 4.90 Å². The second-order valence-corrected chi connectivity index (χ2v) is 6.09. The number of thiophene rings is 1. The molecule has 1 amide bonds. The maximum atomic E-state index is 11.9. The minimum absolute atomic E-state index is 0.0611. The van der Waals surface area contributed by atoms with E-state index in [2.05, 4.69) is 15.9 Å². The summed E-state index contributed by atoms with van der Waals surface area (Å²) in [7, 11) is 1.81. The minimum atomic E-state index is 0.0611. The van der Waals surface area contributed by atoms with Gasteiger partial charge in [0.15, 0.2) is 0 Å². The van der Waals surface area contributed by atoms with E-state index in [0.29, 0.717) is 19.0 Å². The van der Waals surface area contributed by atoms with E-state index in [1.165, 1.54) is 11.3 Å². The Morgan fingerprint density at radius 1 is 1.67 bits per heavy atom. The fraction of sp³-hybridized carbons (Fsp3) is 0.500. The number of carbonyl (C=O) groups excluding carboxylic acids is 1. The van der Waals surface area contributed by atoms with Crippen molar-refractivity contribution in [3.63, 3.8) is 0 Å². The van der Waals surface area contributed by atoms with Crippen molar-refractivity contribution in [3.05, 3.63) is 20.8 Å². The molecule has 1 rings (SSSR count). The van der Waals surface area contributed by atoms with Gasteiger partial charge in [-0.15, -0.1) is 11.3 Å². The number of carbonyl (C=O) groups is 1. The van der Waals surface area contributed by atoms with Crippen LogP contribution in [0, 0.1) is 5.92 Å². The first-order valence-corrected chi connectivity index (χ1v) is 6.36. The molecular formula is C10H15BrN2OS. The van der Waals surface area contributed by atoms with Gasteiger partial charge in [-0.1, -0.05) is 6.92 Å². The molecule has 0 radical (unpaired) electrons. The number of amides is 1. The largest absolute Gasteiger partial charge is 0.341 e. The zero-order valence-electron chi connectivity index (χ0n) is 8.87. The first-order valence-electron chi connectivity index (χ1n) is 4.75. The highest BCUT2D eigenvalue weighted by Crippen LogP contribution is 2.23. The maximum absolute atomic E-state index is 11.9. The lowest BCUT2D eigenvalue weighted by molar-refractivity contribution is 0.0782. The Labute approximate surface area is 102 Å². The normalized spacial score (nSPS) is 12.5. The van der Waals surface area contributed by atoms with E-state index in [9.17, 15) is 4.79 Å². The molecule has 5 heteroatoms. The van der Waals surface area contributed by atoms with E-state index in [-0.39, 0.29) is 5.91 Å². The lowest BCUT2D eigenvalue weighted by Crippen LogP contribution is -2.33. The SMILES string of the molecule is CC(CN)CN(C)C(=O)c1ccc(Br)s1. The van der Waals surface area contributed by atoms with Crippen molar-refractivity contribution in [3.8, 4) is 0 Å². The third-order valence-electron chi connectivity index (χ3n) is 2.12. The van der Waals surface area contributed by atoms with Crippen LogP contribution in [0.25, 0.3) is 0 Å². The maximum Gasteiger partial charge on any atom is 0.263 e. The Balaban J connectivity index is 2.60. The van der Waals surface area contributed by atoms with E-state index in [4.69, 9.17) is 5.73 Å². The molecule has 0 saturated carbocycles. The Morgan fingerprint density at radius 2 is 2.33 bits per heavy atom. The van der Waals surface area contributed by atoms with Gasteiger partial charge in [-0.3, -0.25) is 4.79 Å². The smallest absolute Gasteiger partial charge is 0.263 e. The standard InChI is InChI=1S/C10H15BrN2OS/c1-7(5-12)6-13(2)10(14)8-3-4-9(11)15-8/h3-4,7H,5-6,12H2,1-2H3. The Morgan fingerprint density at radius 3 is 2.80 bits per heavy atom. The molecule has 1 atom stereocenters. The summed E-state index contributed by atoms with van der Waals surface area (Å²) in [6.07, 6.45) is 0. The first kappa shape index (κ1) is 12.7. The molecule has 15 heavy (non-hydrogen) atoms. The number of rotatable bonds is 4. The van der Waals surface area contributed by atoms with Gasteiger partial charge in [-0.2, -0.15) is 0 Å². The fourth-order valence-corrected chi connectivity index (χ4v) is 2.62. The van der Waals surface area contributed by atoms with Gasteiger partial charge in [-0.05, 0) is 40.5 Å². The third kappa shape index (κ3) is 3.59. The zero-order valence-corrected chi connectivity index (χ0v) is 11.3. The van der Waals surface area contributed by atoms with Gasteiger partial charge in [-0.25, -0.2) is 0 Å². The van der Waals surface area contributed by atoms with Crippen molar-refractivity contribution in [2.45, 2.75) is 6.92 Å². The van der Waals surface area contributed by atoms with Crippen molar-refractivity contribution in [2.75, 3.05) is 20.1 Å². The summed E-state index contributed by atoms with van der Waals surface area (Å²) in [4.78, 5) is 14.4. The van der Waals surface area contributed by atoms with Crippen LogP contribution in [0.15, 0.2) is 15.9 Å². The lowest BCUT2D eigenvalue weighted by atomic mass is 10.2. The topological polar surface area (TPSA) is 46.3 Å².